The van der Waals surface area contributed by atoms with E-state index in [9.17, 15) is 0 Å². The molecule has 4 rings (SSSR count). The van der Waals surface area contributed by atoms with Crippen molar-refractivity contribution in [3.05, 3.63) is 59.5 Å². The minimum atomic E-state index is 0. The third-order valence-corrected chi connectivity index (χ3v) is 4.79. The van der Waals surface area contributed by atoms with Crippen LogP contribution in [-0.4, -0.2) is 5.16 Å². The number of aromatic nitrogens is 1. The van der Waals surface area contributed by atoms with Crippen molar-refractivity contribution in [1.82, 2.24) is 5.16 Å². The molecule has 0 aliphatic heterocycles. The van der Waals surface area contributed by atoms with Crippen LogP contribution in [-0.2, 0) is 11.3 Å². The second-order valence-electron chi connectivity index (χ2n) is 7.20. The minimum absolute atomic E-state index is 0. The van der Waals surface area contributed by atoms with Gasteiger partial charge in [0.05, 0.1) is 5.76 Å². The van der Waals surface area contributed by atoms with Crippen molar-refractivity contribution in [3.8, 4) is 11.3 Å². The Morgan fingerprint density at radius 2 is 2.11 bits per heavy atom. The summed E-state index contributed by atoms with van der Waals surface area (Å²) in [6.07, 6.45) is 4.70. The van der Waals surface area contributed by atoms with E-state index in [1.807, 2.05) is 24.3 Å². The van der Waals surface area contributed by atoms with Gasteiger partial charge in [-0.05, 0) is 25.7 Å². The molecule has 0 amide bonds. The third kappa shape index (κ3) is 6.42. The zero-order valence-corrected chi connectivity index (χ0v) is 22.1. The number of nitrogens with zero attached hydrogens (tertiary/aromatic N) is 1. The van der Waals surface area contributed by atoms with Gasteiger partial charge >= 0.3 is 31.1 Å². The summed E-state index contributed by atoms with van der Waals surface area (Å²) in [4.78, 5) is 0. The zero-order valence-electron chi connectivity index (χ0n) is 15.6. The Balaban J connectivity index is 0.000000479. The van der Waals surface area contributed by atoms with E-state index >= 15 is 0 Å². The molecule has 2 fully saturated rings. The molecule has 27 heavy (non-hydrogen) atoms. The molecule has 1 aromatic heterocycles. The van der Waals surface area contributed by atoms with Crippen molar-refractivity contribution < 1.29 is 40.4 Å². The maximum Gasteiger partial charge on any atom is 2.00 e. The van der Waals surface area contributed by atoms with E-state index in [4.69, 9.17) is 15.0 Å². The molecular weight excluding hydrogens is 600 g/mol. The second kappa shape index (κ2) is 10.0. The van der Waals surface area contributed by atoms with Crippen molar-refractivity contribution in [2.24, 2.45) is 11.1 Å². The normalized spacial score (nSPS) is 16.8. The number of nitrogens with two attached hydrogens (primary N) is 1. The summed E-state index contributed by atoms with van der Waals surface area (Å²) in [5.41, 5.74) is 8.76. The van der Waals surface area contributed by atoms with E-state index in [0.717, 1.165) is 33.9 Å². The van der Waals surface area contributed by atoms with Crippen molar-refractivity contribution in [1.29, 1.82) is 0 Å². The Morgan fingerprint density at radius 1 is 1.44 bits per heavy atom. The molecule has 2 saturated carbocycles. The standard InChI is InChI=1S/C19H20NO2.CH6NP2.U/c1-13(19(2)10-11-19)21-12-16-17(14-6-4-3-5-7-14)20-22-18(16)15-8-9-15;2-1(3)4;/h3-6,15H,1,8-12H2,2H3;2-4H2;/q2*-1;+2. The van der Waals surface area contributed by atoms with Gasteiger partial charge in [0.2, 0.25) is 0 Å². The van der Waals surface area contributed by atoms with Gasteiger partial charge in [-0.2, -0.15) is 0 Å². The van der Waals surface area contributed by atoms with E-state index in [-0.39, 0.29) is 36.5 Å². The van der Waals surface area contributed by atoms with Gasteiger partial charge in [-0.1, -0.05) is 13.5 Å². The van der Waals surface area contributed by atoms with Crippen molar-refractivity contribution >= 4 is 18.5 Å². The Bertz CT molecular complexity index is 754. The van der Waals surface area contributed by atoms with Gasteiger partial charge < -0.3 is 15.0 Å². The van der Waals surface area contributed by atoms with E-state index in [0.29, 0.717) is 12.5 Å². The number of ether oxygens (including phenoxy) is 1. The van der Waals surface area contributed by atoms with Crippen LogP contribution in [0.3, 0.4) is 0 Å². The van der Waals surface area contributed by atoms with Crippen LogP contribution in [0.25, 0.3) is 11.3 Å². The van der Waals surface area contributed by atoms with Crippen LogP contribution in [0, 0.1) is 48.1 Å². The molecule has 0 saturated heterocycles. The number of rotatable bonds is 6. The molecule has 2 unspecified atom stereocenters. The topological polar surface area (TPSA) is 61.3 Å². The Hall–Kier alpha value is -0.158. The first-order chi connectivity index (χ1) is 12.4. The van der Waals surface area contributed by atoms with Crippen LogP contribution in [0.4, 0.5) is 0 Å². The van der Waals surface area contributed by atoms with Gasteiger partial charge in [-0.15, -0.1) is 41.1 Å². The largest absolute Gasteiger partial charge is 2.00 e. The first-order valence-electron chi connectivity index (χ1n) is 8.82. The predicted molar refractivity (Wildman–Crippen MR) is 111 cm³/mol. The molecule has 2 aromatic rings. The number of allylic oxidation sites excluding steroid dienone is 1. The average molecular weight is 626 g/mol. The van der Waals surface area contributed by atoms with E-state index < -0.39 is 0 Å². The second-order valence-corrected chi connectivity index (χ2v) is 9.20. The summed E-state index contributed by atoms with van der Waals surface area (Å²) < 4.78 is 11.6. The Kier molecular flexibility index (Phi) is 8.60. The fraction of sp³-hybridized carbons (Fsp3) is 0.400. The van der Waals surface area contributed by atoms with Crippen molar-refractivity contribution in [2.45, 2.75) is 45.1 Å². The van der Waals surface area contributed by atoms with Crippen molar-refractivity contribution in [2.75, 3.05) is 0 Å². The molecule has 142 valence electrons. The number of benzene rings is 1. The number of hydrogen-bond acceptors (Lipinski definition) is 4. The first kappa shape index (κ1) is 23.1. The predicted octanol–water partition coefficient (Wildman–Crippen LogP) is 4.99. The molecule has 0 spiro atoms. The van der Waals surface area contributed by atoms with Crippen LogP contribution >= 0.6 is 18.5 Å². The maximum absolute atomic E-state index is 5.99. The van der Waals surface area contributed by atoms with Gasteiger partial charge in [0.1, 0.15) is 12.4 Å². The molecule has 0 bridgehead atoms. The molecule has 2 aliphatic rings. The van der Waals surface area contributed by atoms with E-state index in [1.165, 1.54) is 25.7 Å². The summed E-state index contributed by atoms with van der Waals surface area (Å²) in [5, 5.41) is 4.29. The Morgan fingerprint density at radius 3 is 2.63 bits per heavy atom. The zero-order chi connectivity index (χ0) is 18.7. The fourth-order valence-corrected chi connectivity index (χ4v) is 2.68. The minimum Gasteiger partial charge on any atom is -0.494 e. The van der Waals surface area contributed by atoms with Gasteiger partial charge in [0, 0.05) is 22.6 Å². The van der Waals surface area contributed by atoms with Gasteiger partial charge in [0.25, 0.3) is 0 Å². The molecule has 4 nitrogen and oxygen atoms in total. The molecule has 2 atom stereocenters. The van der Waals surface area contributed by atoms with E-state index in [1.54, 1.807) is 0 Å². The maximum atomic E-state index is 5.99. The first-order valence-corrected chi connectivity index (χ1v) is 9.97. The smallest absolute Gasteiger partial charge is 0.494 e. The molecule has 7 heteroatoms. The summed E-state index contributed by atoms with van der Waals surface area (Å²) >= 11 is 0. The van der Waals surface area contributed by atoms with Gasteiger partial charge in [-0.3, -0.25) is 18.5 Å². The monoisotopic (exact) mass is 626 g/mol. The summed E-state index contributed by atoms with van der Waals surface area (Å²) in [6.45, 7) is 6.79. The molecular formula is C20H26N2O2P2U. The van der Waals surface area contributed by atoms with Crippen LogP contribution in [0.5, 0.6) is 0 Å². The third-order valence-electron chi connectivity index (χ3n) is 4.79. The van der Waals surface area contributed by atoms with Crippen LogP contribution in [0.2, 0.25) is 0 Å². The quantitative estimate of drug-likeness (QED) is 0.279. The van der Waals surface area contributed by atoms with Crippen LogP contribution in [0.1, 0.15) is 49.8 Å². The van der Waals surface area contributed by atoms with Gasteiger partial charge in [0.15, 0.2) is 0 Å². The Labute approximate surface area is 190 Å². The summed E-state index contributed by atoms with van der Waals surface area (Å²) in [5.74, 6) is 2.38. The van der Waals surface area contributed by atoms with Crippen LogP contribution in [0.15, 0.2) is 41.1 Å². The molecule has 2 aliphatic carbocycles. The van der Waals surface area contributed by atoms with Crippen molar-refractivity contribution in [3.63, 3.8) is 0 Å². The molecule has 0 radical (unpaired) electrons. The fourth-order valence-electron chi connectivity index (χ4n) is 2.68. The summed E-state index contributed by atoms with van der Waals surface area (Å²) in [7, 11) is 4.63. The number of hydrogen-bond donors (Lipinski definition) is 1. The van der Waals surface area contributed by atoms with E-state index in [2.05, 4.69) is 43.2 Å². The SMILES string of the molecule is C=C(OCc1c(-c2[c-]cccc2)noc1C1CC1)C1(C)CC1.N[C-](P)P.[U+2]. The summed E-state index contributed by atoms with van der Waals surface area (Å²) in [6, 6.07) is 11.1. The molecule has 1 aromatic carbocycles. The molecule has 1 heterocycles. The van der Waals surface area contributed by atoms with Crippen LogP contribution < -0.4 is 5.73 Å². The van der Waals surface area contributed by atoms with Gasteiger partial charge in [-0.25, -0.2) is 5.52 Å². The molecule has 2 N–H and O–H groups in total. The average Bonchev–Trinajstić information content (AvgIpc) is 3.53.